The van der Waals surface area contributed by atoms with Crippen molar-refractivity contribution in [3.05, 3.63) is 94.2 Å². The maximum Gasteiger partial charge on any atom is 0.416 e. The first-order valence-electron chi connectivity index (χ1n) is 12.4. The van der Waals surface area contributed by atoms with Crippen LogP contribution in [0, 0.1) is 5.92 Å². The van der Waals surface area contributed by atoms with Crippen LogP contribution in [0.25, 0.3) is 10.9 Å². The third kappa shape index (κ3) is 4.67. The third-order valence-corrected chi connectivity index (χ3v) is 7.67. The minimum atomic E-state index is -4.61. The molecule has 5 rings (SSSR count). The Morgan fingerprint density at radius 2 is 2.00 bits per heavy atom. The highest BCUT2D eigenvalue weighted by Gasteiger charge is 2.56. The van der Waals surface area contributed by atoms with E-state index in [4.69, 9.17) is 11.6 Å². The van der Waals surface area contributed by atoms with Crippen LogP contribution in [-0.2, 0) is 17.4 Å². The highest BCUT2D eigenvalue weighted by molar-refractivity contribution is 6.31. The summed E-state index contributed by atoms with van der Waals surface area (Å²) < 4.78 is 39.5. The number of alkyl halides is 3. The number of H-pyrrole nitrogens is 1. The van der Waals surface area contributed by atoms with Crippen molar-refractivity contribution in [1.82, 2.24) is 9.88 Å². The molecule has 3 aromatic rings. The number of nitrogens with one attached hydrogen (secondary N) is 1. The van der Waals surface area contributed by atoms with E-state index in [1.54, 1.807) is 23.1 Å². The average molecular weight is 543 g/mol. The number of ketones is 1. The summed E-state index contributed by atoms with van der Waals surface area (Å²) in [5, 5.41) is 13.2. The lowest BCUT2D eigenvalue weighted by atomic mass is 9.80. The number of aryl methyl sites for hydroxylation is 1. The Hall–Kier alpha value is -3.36. The first kappa shape index (κ1) is 26.3. The molecule has 3 atom stereocenters. The number of hydrogen-bond donors (Lipinski definition) is 2. The Labute approximate surface area is 222 Å². The van der Waals surface area contributed by atoms with Gasteiger partial charge in [0.1, 0.15) is 0 Å². The Morgan fingerprint density at radius 3 is 2.76 bits per heavy atom. The molecule has 2 aliphatic rings. The average Bonchev–Trinajstić information content (AvgIpc) is 3.36. The number of carbonyl (C=O) groups is 2. The van der Waals surface area contributed by atoms with Crippen LogP contribution in [0.2, 0.25) is 5.02 Å². The van der Waals surface area contributed by atoms with Gasteiger partial charge in [0.05, 0.1) is 18.0 Å². The van der Waals surface area contributed by atoms with Crippen LogP contribution in [-0.4, -0.2) is 44.9 Å². The minimum absolute atomic E-state index is 0.108. The summed E-state index contributed by atoms with van der Waals surface area (Å²) in [4.78, 5) is 31.5. The van der Waals surface area contributed by atoms with E-state index in [1.807, 2.05) is 31.3 Å². The van der Waals surface area contributed by atoms with Gasteiger partial charge in [0, 0.05) is 34.2 Å². The van der Waals surface area contributed by atoms with E-state index >= 15 is 0 Å². The van der Waals surface area contributed by atoms with Gasteiger partial charge < -0.3 is 15.0 Å². The van der Waals surface area contributed by atoms with Gasteiger partial charge in [-0.05, 0) is 60.2 Å². The number of rotatable bonds is 7. The number of likely N-dealkylation sites (tertiary alicyclic amines) is 1. The summed E-state index contributed by atoms with van der Waals surface area (Å²) in [5.74, 6) is -1.44. The van der Waals surface area contributed by atoms with Crippen molar-refractivity contribution in [2.45, 2.75) is 44.0 Å². The number of benzene rings is 2. The molecule has 2 heterocycles. The highest BCUT2D eigenvalue weighted by atomic mass is 35.5. The summed E-state index contributed by atoms with van der Waals surface area (Å²) >= 11 is 6.15. The molecule has 1 fully saturated rings. The van der Waals surface area contributed by atoms with Crippen LogP contribution in [0.4, 0.5) is 13.2 Å². The van der Waals surface area contributed by atoms with E-state index in [0.29, 0.717) is 30.0 Å². The number of fused-ring (bicyclic) bond motifs is 2. The monoisotopic (exact) mass is 542 g/mol. The molecule has 1 saturated heterocycles. The first-order chi connectivity index (χ1) is 18.0. The molecule has 1 aliphatic carbocycles. The number of aromatic nitrogens is 1. The predicted molar refractivity (Wildman–Crippen MR) is 139 cm³/mol. The Morgan fingerprint density at radius 1 is 1.21 bits per heavy atom. The summed E-state index contributed by atoms with van der Waals surface area (Å²) in [6.45, 7) is 2.27. The van der Waals surface area contributed by atoms with Gasteiger partial charge in [0.25, 0.3) is 5.91 Å². The second kappa shape index (κ2) is 9.75. The van der Waals surface area contributed by atoms with Crippen molar-refractivity contribution in [1.29, 1.82) is 0 Å². The number of hydrogen-bond acceptors (Lipinski definition) is 3. The smallest absolute Gasteiger partial charge is 0.375 e. The molecular weight excluding hydrogens is 517 g/mol. The molecule has 1 aliphatic heterocycles. The number of carbonyl (C=O) groups excluding carboxylic acids is 2. The molecule has 38 heavy (non-hydrogen) atoms. The van der Waals surface area contributed by atoms with Crippen LogP contribution in [0.3, 0.4) is 0 Å². The molecule has 2 N–H and O–H groups in total. The predicted octanol–water partition coefficient (Wildman–Crippen LogP) is 6.12. The van der Waals surface area contributed by atoms with Crippen molar-refractivity contribution < 1.29 is 27.9 Å². The fourth-order valence-electron chi connectivity index (χ4n) is 5.56. The molecule has 1 amide bonds. The largest absolute Gasteiger partial charge is 0.416 e. The molecule has 0 spiro atoms. The summed E-state index contributed by atoms with van der Waals surface area (Å²) in [6.07, 6.45) is 3.23. The van der Waals surface area contributed by atoms with E-state index in [2.05, 4.69) is 4.98 Å². The second-order valence-electron chi connectivity index (χ2n) is 9.96. The lowest BCUT2D eigenvalue weighted by Gasteiger charge is -2.30. The van der Waals surface area contributed by atoms with Crippen LogP contribution >= 0.6 is 11.6 Å². The van der Waals surface area contributed by atoms with Crippen molar-refractivity contribution in [3.63, 3.8) is 0 Å². The van der Waals surface area contributed by atoms with Crippen molar-refractivity contribution in [2.24, 2.45) is 5.92 Å². The summed E-state index contributed by atoms with van der Waals surface area (Å²) in [5.41, 5.74) is -0.870. The molecule has 9 heteroatoms. The van der Waals surface area contributed by atoms with Gasteiger partial charge in [0.15, 0.2) is 11.4 Å². The van der Waals surface area contributed by atoms with Crippen LogP contribution < -0.4 is 0 Å². The molecule has 198 valence electrons. The van der Waals surface area contributed by atoms with Crippen LogP contribution in [0.15, 0.2) is 72.5 Å². The number of aromatic amines is 1. The minimum Gasteiger partial charge on any atom is -0.375 e. The number of allylic oxidation sites excluding steroid dienone is 2. The van der Waals surface area contributed by atoms with Crippen molar-refractivity contribution in [2.75, 3.05) is 6.54 Å². The molecule has 1 aromatic heterocycles. The number of Topliss-reactive ketones (excluding diaryl/α,β-unsaturated/α-hetero) is 1. The van der Waals surface area contributed by atoms with Gasteiger partial charge in [-0.25, -0.2) is 0 Å². The van der Waals surface area contributed by atoms with Gasteiger partial charge in [-0.2, -0.15) is 13.2 Å². The Balaban J connectivity index is 1.36. The second-order valence-corrected chi connectivity index (χ2v) is 10.4. The zero-order chi connectivity index (χ0) is 27.2. The first-order valence-corrected chi connectivity index (χ1v) is 12.7. The van der Waals surface area contributed by atoms with Gasteiger partial charge in [-0.15, -0.1) is 0 Å². The molecule has 2 aromatic carbocycles. The zero-order valence-corrected chi connectivity index (χ0v) is 21.3. The molecular formula is C29H26ClF3N2O3. The topological polar surface area (TPSA) is 73.4 Å². The molecule has 2 unspecified atom stereocenters. The third-order valence-electron chi connectivity index (χ3n) is 7.44. The highest BCUT2D eigenvalue weighted by Crippen LogP contribution is 2.43. The molecule has 0 bridgehead atoms. The maximum atomic E-state index is 13.6. The van der Waals surface area contributed by atoms with Crippen LogP contribution in [0.1, 0.15) is 41.3 Å². The van der Waals surface area contributed by atoms with Gasteiger partial charge in [-0.1, -0.05) is 48.9 Å². The number of halogens is 4. The number of nitrogens with zero attached hydrogens (tertiary/aromatic N) is 1. The quantitative estimate of drug-likeness (QED) is 0.353. The SMILES string of the molecule is CC1C=CC=C2C1N(CCCc1c[nH]c3ccc(Cl)cc13)C(=O)[C@@]2(O)CC(=O)c1cccc(C(F)(F)F)c1. The van der Waals surface area contributed by atoms with E-state index < -0.39 is 41.5 Å². The molecule has 0 saturated carbocycles. The van der Waals surface area contributed by atoms with E-state index in [-0.39, 0.29) is 11.5 Å². The van der Waals surface area contributed by atoms with Crippen LogP contribution in [0.5, 0.6) is 0 Å². The van der Waals surface area contributed by atoms with Crippen molar-refractivity contribution >= 4 is 34.2 Å². The Kier molecular flexibility index (Phi) is 6.73. The lowest BCUT2D eigenvalue weighted by molar-refractivity contribution is -0.142. The van der Waals surface area contributed by atoms with Gasteiger partial charge >= 0.3 is 6.18 Å². The van der Waals surface area contributed by atoms with E-state index in [9.17, 15) is 27.9 Å². The molecule has 0 radical (unpaired) electrons. The van der Waals surface area contributed by atoms with E-state index in [1.165, 1.54) is 6.07 Å². The normalized spacial score (nSPS) is 23.2. The molecule has 5 nitrogen and oxygen atoms in total. The number of aliphatic hydroxyl groups is 1. The summed E-state index contributed by atoms with van der Waals surface area (Å²) in [6, 6.07) is 9.20. The zero-order valence-electron chi connectivity index (χ0n) is 20.6. The van der Waals surface area contributed by atoms with Gasteiger partial charge in [-0.3, -0.25) is 9.59 Å². The van der Waals surface area contributed by atoms with Gasteiger partial charge in [0.2, 0.25) is 0 Å². The maximum absolute atomic E-state index is 13.6. The fraction of sp³-hybridized carbons (Fsp3) is 0.310. The summed E-state index contributed by atoms with van der Waals surface area (Å²) in [7, 11) is 0. The fourth-order valence-corrected chi connectivity index (χ4v) is 5.73. The number of amides is 1. The Bertz CT molecular complexity index is 1480. The van der Waals surface area contributed by atoms with Crippen molar-refractivity contribution in [3.8, 4) is 0 Å². The standard InChI is InChI=1S/C29H26ClF3N2O3/c1-17-5-2-9-23-26(17)35(12-4-7-19-16-34-24-11-10-21(30)14-22(19)24)27(37)28(23,38)15-25(36)18-6-3-8-20(13-18)29(31,32)33/h2-3,5-6,8-11,13-14,16-17,26,34,38H,4,7,12,15H2,1H3/t17?,26?,28-/m1/s1. The van der Waals surface area contributed by atoms with E-state index in [0.717, 1.165) is 34.7 Å². The lowest BCUT2D eigenvalue weighted by Crippen LogP contribution is -2.43.